The van der Waals surface area contributed by atoms with Crippen LogP contribution < -0.4 is 5.11 Å². The number of hydrogen-bond acceptors (Lipinski definition) is 3. The molecule has 0 bridgehead atoms. The van der Waals surface area contributed by atoms with Crippen LogP contribution in [0.3, 0.4) is 0 Å². The van der Waals surface area contributed by atoms with Crippen LogP contribution in [0.4, 0.5) is 0 Å². The molecule has 0 saturated carbocycles. The zero-order valence-corrected chi connectivity index (χ0v) is 10.3. The number of carbonyl (C=O) groups excluding carboxylic acids is 2. The van der Waals surface area contributed by atoms with E-state index in [1.807, 2.05) is 60.7 Å². The summed E-state index contributed by atoms with van der Waals surface area (Å²) in [6.45, 7) is 2.90. The topological polar surface area (TPSA) is 57.2 Å². The van der Waals surface area contributed by atoms with Crippen LogP contribution in [0, 0.1) is 0 Å². The molecule has 2 aromatic carbocycles. The first-order valence-electron chi connectivity index (χ1n) is 5.63. The van der Waals surface area contributed by atoms with E-state index in [0.29, 0.717) is 0 Å². The van der Waals surface area contributed by atoms with Crippen molar-refractivity contribution in [3.05, 3.63) is 84.4 Å². The average molecular weight is 253 g/mol. The largest absolute Gasteiger partial charge is 0.545 e. The van der Waals surface area contributed by atoms with E-state index in [1.165, 1.54) is 0 Å². The summed E-state index contributed by atoms with van der Waals surface area (Å²) in [5, 5.41) is 9.14. The third-order valence-electron chi connectivity index (χ3n) is 2.24. The number of carboxylic acids is 1. The van der Waals surface area contributed by atoms with Crippen molar-refractivity contribution in [3.63, 3.8) is 0 Å². The summed E-state index contributed by atoms with van der Waals surface area (Å²) in [5.74, 6) is -1.16. The smallest absolute Gasteiger partial charge is 0.193 e. The first-order valence-corrected chi connectivity index (χ1v) is 5.63. The van der Waals surface area contributed by atoms with Gasteiger partial charge in [-0.05, 0) is 6.08 Å². The molecule has 19 heavy (non-hydrogen) atoms. The minimum absolute atomic E-state index is 0.0752. The van der Waals surface area contributed by atoms with Crippen molar-refractivity contribution in [3.8, 4) is 0 Å². The Balaban J connectivity index is 0.000000312. The molecule has 3 nitrogen and oxygen atoms in total. The van der Waals surface area contributed by atoms with Gasteiger partial charge in [0.2, 0.25) is 0 Å². The Hall–Kier alpha value is -2.68. The van der Waals surface area contributed by atoms with Gasteiger partial charge in [-0.1, -0.05) is 67.2 Å². The minimum atomic E-state index is -1.23. The molecule has 0 spiro atoms. The lowest BCUT2D eigenvalue weighted by Crippen LogP contribution is -2.17. The first-order chi connectivity index (χ1) is 9.15. The Morgan fingerprint density at radius 3 is 1.42 bits per heavy atom. The lowest BCUT2D eigenvalue weighted by Gasteiger charge is -1.99. The fourth-order valence-electron chi connectivity index (χ4n) is 1.35. The fourth-order valence-corrected chi connectivity index (χ4v) is 1.35. The summed E-state index contributed by atoms with van der Waals surface area (Å²) >= 11 is 0. The van der Waals surface area contributed by atoms with E-state index in [1.54, 1.807) is 0 Å². The Morgan fingerprint density at radius 2 is 1.16 bits per heavy atom. The highest BCUT2D eigenvalue weighted by Gasteiger charge is 2.06. The van der Waals surface area contributed by atoms with E-state index in [0.717, 1.165) is 17.2 Å². The second-order valence-electron chi connectivity index (χ2n) is 3.58. The van der Waals surface area contributed by atoms with Crippen LogP contribution in [0.2, 0.25) is 0 Å². The molecular formula is C16H13O3-. The van der Waals surface area contributed by atoms with Crippen molar-refractivity contribution in [2.45, 2.75) is 0 Å². The van der Waals surface area contributed by atoms with Crippen LogP contribution in [0.1, 0.15) is 15.9 Å². The van der Waals surface area contributed by atoms with E-state index in [4.69, 9.17) is 9.90 Å². The van der Waals surface area contributed by atoms with Crippen LogP contribution in [0.5, 0.6) is 0 Å². The van der Waals surface area contributed by atoms with Gasteiger partial charge in [0.1, 0.15) is 0 Å². The second kappa shape index (κ2) is 7.61. The summed E-state index contributed by atoms with van der Waals surface area (Å²) in [6.07, 6.45) is 0.722. The average Bonchev–Trinajstić information content (AvgIpc) is 2.49. The van der Waals surface area contributed by atoms with Gasteiger partial charge < -0.3 is 9.90 Å². The number of hydrogen-bond donors (Lipinski definition) is 0. The zero-order valence-electron chi connectivity index (χ0n) is 10.3. The molecule has 0 fully saturated rings. The van der Waals surface area contributed by atoms with Gasteiger partial charge in [0, 0.05) is 11.1 Å². The summed E-state index contributed by atoms with van der Waals surface area (Å²) in [6, 6.07) is 18.6. The normalized spacial score (nSPS) is 8.84. The van der Waals surface area contributed by atoms with Gasteiger partial charge in [-0.2, -0.15) is 0 Å². The van der Waals surface area contributed by atoms with Crippen LogP contribution in [0.15, 0.2) is 73.3 Å². The molecule has 3 heteroatoms. The number of aliphatic carboxylic acids is 1. The molecule has 0 radical (unpaired) electrons. The van der Waals surface area contributed by atoms with E-state index in [9.17, 15) is 4.79 Å². The van der Waals surface area contributed by atoms with Crippen LogP contribution >= 0.6 is 0 Å². The number of rotatable bonds is 3. The monoisotopic (exact) mass is 253 g/mol. The van der Waals surface area contributed by atoms with Gasteiger partial charge in [-0.15, -0.1) is 0 Å². The van der Waals surface area contributed by atoms with Crippen LogP contribution in [-0.2, 0) is 4.79 Å². The number of benzene rings is 2. The lowest BCUT2D eigenvalue weighted by molar-refractivity contribution is -0.297. The van der Waals surface area contributed by atoms with Crippen molar-refractivity contribution in [2.24, 2.45) is 0 Å². The van der Waals surface area contributed by atoms with Crippen LogP contribution in [0.25, 0.3) is 0 Å². The van der Waals surface area contributed by atoms with E-state index >= 15 is 0 Å². The van der Waals surface area contributed by atoms with E-state index < -0.39 is 5.97 Å². The molecule has 0 aliphatic carbocycles. The highest BCUT2D eigenvalue weighted by molar-refractivity contribution is 6.08. The Labute approximate surface area is 111 Å². The molecule has 0 saturated heterocycles. The highest BCUT2D eigenvalue weighted by atomic mass is 16.4. The maximum atomic E-state index is 11.8. The molecule has 0 heterocycles. The summed E-state index contributed by atoms with van der Waals surface area (Å²) < 4.78 is 0. The third kappa shape index (κ3) is 5.00. The van der Waals surface area contributed by atoms with E-state index in [-0.39, 0.29) is 5.78 Å². The van der Waals surface area contributed by atoms with E-state index in [2.05, 4.69) is 6.58 Å². The molecule has 0 N–H and O–H groups in total. The number of ketones is 1. The SMILES string of the molecule is C=CC(=O)[O-].O=C(c1ccccc1)c1ccccc1. The van der Waals surface area contributed by atoms with Crippen molar-refractivity contribution < 1.29 is 14.7 Å². The second-order valence-corrected chi connectivity index (χ2v) is 3.58. The number of carbonyl (C=O) groups is 2. The molecule has 0 aliphatic rings. The molecule has 2 rings (SSSR count). The maximum absolute atomic E-state index is 11.8. The molecule has 0 unspecified atom stereocenters. The third-order valence-corrected chi connectivity index (χ3v) is 2.24. The van der Waals surface area contributed by atoms with Crippen molar-refractivity contribution in [1.29, 1.82) is 0 Å². The molecule has 96 valence electrons. The molecule has 0 aromatic heterocycles. The summed E-state index contributed by atoms with van der Waals surface area (Å²) in [7, 11) is 0. The lowest BCUT2D eigenvalue weighted by atomic mass is 10.0. The number of carboxylic acid groups (broad SMARTS) is 1. The van der Waals surface area contributed by atoms with Crippen molar-refractivity contribution >= 4 is 11.8 Å². The summed E-state index contributed by atoms with van der Waals surface area (Å²) in [4.78, 5) is 21.0. The Kier molecular flexibility index (Phi) is 5.76. The first kappa shape index (κ1) is 14.4. The minimum Gasteiger partial charge on any atom is -0.545 e. The quantitative estimate of drug-likeness (QED) is 0.619. The highest BCUT2D eigenvalue weighted by Crippen LogP contribution is 2.08. The molecule has 0 aliphatic heterocycles. The molecule has 0 amide bonds. The van der Waals surface area contributed by atoms with Crippen molar-refractivity contribution in [2.75, 3.05) is 0 Å². The standard InChI is InChI=1S/C13H10O.C3H4O2/c14-13(11-7-3-1-4-8-11)12-9-5-2-6-10-12;1-2-3(4)5/h1-10H;2H,1H2,(H,4,5)/p-1. The van der Waals surface area contributed by atoms with Gasteiger partial charge in [-0.25, -0.2) is 0 Å². The fraction of sp³-hybridized carbons (Fsp3) is 0. The molecular weight excluding hydrogens is 240 g/mol. The molecule has 0 atom stereocenters. The van der Waals surface area contributed by atoms with Crippen molar-refractivity contribution in [1.82, 2.24) is 0 Å². The van der Waals surface area contributed by atoms with Gasteiger partial charge in [0.15, 0.2) is 5.78 Å². The predicted octanol–water partition coefficient (Wildman–Crippen LogP) is 1.84. The molecule has 2 aromatic rings. The Morgan fingerprint density at radius 1 is 0.842 bits per heavy atom. The summed E-state index contributed by atoms with van der Waals surface area (Å²) in [5.41, 5.74) is 1.47. The van der Waals surface area contributed by atoms with Gasteiger partial charge in [0.05, 0.1) is 5.97 Å². The maximum Gasteiger partial charge on any atom is 0.193 e. The zero-order chi connectivity index (χ0) is 14.1. The van der Waals surface area contributed by atoms with Gasteiger partial charge in [0.25, 0.3) is 0 Å². The van der Waals surface area contributed by atoms with Crippen LogP contribution in [-0.4, -0.2) is 11.8 Å². The van der Waals surface area contributed by atoms with Gasteiger partial charge in [-0.3, -0.25) is 4.79 Å². The Bertz CT molecular complexity index is 503. The van der Waals surface area contributed by atoms with Gasteiger partial charge >= 0.3 is 0 Å². The predicted molar refractivity (Wildman–Crippen MR) is 71.5 cm³/mol.